The first-order chi connectivity index (χ1) is 7.26. The minimum Gasteiger partial charge on any atom is -0.480 e. The second kappa shape index (κ2) is 6.85. The van der Waals surface area contributed by atoms with Crippen molar-refractivity contribution >= 4 is 15.8 Å². The molecular weight excluding hydrogens is 230 g/mol. The lowest BCUT2D eigenvalue weighted by Crippen LogP contribution is -2.44. The predicted octanol–water partition coefficient (Wildman–Crippen LogP) is 0.653. The largest absolute Gasteiger partial charge is 0.480 e. The third-order valence-corrected chi connectivity index (χ3v) is 3.29. The molecule has 0 spiro atoms. The molecule has 0 aliphatic rings. The van der Waals surface area contributed by atoms with Gasteiger partial charge >= 0.3 is 5.97 Å². The Morgan fingerprint density at radius 1 is 1.44 bits per heavy atom. The molecule has 0 aromatic carbocycles. The van der Waals surface area contributed by atoms with Gasteiger partial charge in [0.1, 0.15) is 15.9 Å². The molecule has 5 nitrogen and oxygen atoms in total. The molecule has 96 valence electrons. The summed E-state index contributed by atoms with van der Waals surface area (Å²) in [6.07, 6.45) is 3.41. The highest BCUT2D eigenvalue weighted by atomic mass is 32.2. The molecule has 0 saturated heterocycles. The zero-order valence-corrected chi connectivity index (χ0v) is 10.9. The van der Waals surface area contributed by atoms with Crippen LogP contribution in [0.4, 0.5) is 0 Å². The minimum absolute atomic E-state index is 0.0388. The van der Waals surface area contributed by atoms with Crippen LogP contribution in [0.25, 0.3) is 0 Å². The van der Waals surface area contributed by atoms with E-state index in [-0.39, 0.29) is 11.8 Å². The van der Waals surface area contributed by atoms with Crippen LogP contribution in [0.1, 0.15) is 33.1 Å². The third kappa shape index (κ3) is 7.64. The third-order valence-electron chi connectivity index (χ3n) is 2.18. The molecule has 0 amide bonds. The number of sulfone groups is 1. The molecule has 0 aromatic rings. The van der Waals surface area contributed by atoms with Crippen LogP contribution < -0.4 is 5.32 Å². The van der Waals surface area contributed by atoms with E-state index < -0.39 is 21.8 Å². The fourth-order valence-electron chi connectivity index (χ4n) is 1.53. The van der Waals surface area contributed by atoms with E-state index in [1.165, 1.54) is 0 Å². The first-order valence-electron chi connectivity index (χ1n) is 5.42. The number of carboxylic acids is 1. The average Bonchev–Trinajstić information content (AvgIpc) is 2.08. The summed E-state index contributed by atoms with van der Waals surface area (Å²) in [7, 11) is -3.07. The van der Waals surface area contributed by atoms with Gasteiger partial charge in [-0.05, 0) is 13.3 Å². The van der Waals surface area contributed by atoms with Crippen molar-refractivity contribution in [1.29, 1.82) is 0 Å². The molecule has 0 radical (unpaired) electrons. The molecule has 0 aliphatic heterocycles. The second-order valence-corrected chi connectivity index (χ2v) is 6.38. The van der Waals surface area contributed by atoms with Crippen LogP contribution in [0.2, 0.25) is 0 Å². The fraction of sp³-hybridized carbons (Fsp3) is 0.900. The van der Waals surface area contributed by atoms with Crippen LogP contribution in [-0.4, -0.2) is 43.6 Å². The number of nitrogens with one attached hydrogen (secondary N) is 1. The zero-order valence-electron chi connectivity index (χ0n) is 10.1. The maximum absolute atomic E-state index is 11.0. The quantitative estimate of drug-likeness (QED) is 0.662. The van der Waals surface area contributed by atoms with Crippen molar-refractivity contribution in [3.8, 4) is 0 Å². The van der Waals surface area contributed by atoms with Gasteiger partial charge in [-0.2, -0.15) is 0 Å². The first kappa shape index (κ1) is 15.4. The van der Waals surface area contributed by atoms with Gasteiger partial charge in [-0.25, -0.2) is 8.42 Å². The second-order valence-electron chi connectivity index (χ2n) is 4.19. The number of unbranched alkanes of at least 4 members (excludes halogenated alkanes) is 1. The van der Waals surface area contributed by atoms with Crippen LogP contribution in [0, 0.1) is 0 Å². The van der Waals surface area contributed by atoms with Gasteiger partial charge in [-0.15, -0.1) is 0 Å². The van der Waals surface area contributed by atoms with Crippen molar-refractivity contribution in [3.63, 3.8) is 0 Å². The van der Waals surface area contributed by atoms with Crippen molar-refractivity contribution < 1.29 is 18.3 Å². The Kier molecular flexibility index (Phi) is 6.59. The fourth-order valence-corrected chi connectivity index (χ4v) is 2.54. The Morgan fingerprint density at radius 2 is 2.00 bits per heavy atom. The molecule has 2 atom stereocenters. The molecule has 16 heavy (non-hydrogen) atoms. The lowest BCUT2D eigenvalue weighted by atomic mass is 10.1. The van der Waals surface area contributed by atoms with Gasteiger partial charge in [0.25, 0.3) is 0 Å². The van der Waals surface area contributed by atoms with Gasteiger partial charge in [0.15, 0.2) is 0 Å². The van der Waals surface area contributed by atoms with Crippen LogP contribution in [0.15, 0.2) is 0 Å². The summed E-state index contributed by atoms with van der Waals surface area (Å²) in [6, 6.07) is -0.996. The highest BCUT2D eigenvalue weighted by Crippen LogP contribution is 2.03. The Bertz CT molecular complexity index is 313. The Balaban J connectivity index is 4.23. The summed E-state index contributed by atoms with van der Waals surface area (Å²) in [4.78, 5) is 10.9. The smallest absolute Gasteiger partial charge is 0.320 e. The van der Waals surface area contributed by atoms with E-state index in [2.05, 4.69) is 5.32 Å². The normalized spacial score (nSPS) is 15.7. The van der Waals surface area contributed by atoms with Crippen LogP contribution in [-0.2, 0) is 14.6 Å². The van der Waals surface area contributed by atoms with E-state index in [1.807, 2.05) is 6.92 Å². The summed E-state index contributed by atoms with van der Waals surface area (Å²) >= 11 is 0. The van der Waals surface area contributed by atoms with Crippen LogP contribution in [0.5, 0.6) is 0 Å². The van der Waals surface area contributed by atoms with E-state index in [9.17, 15) is 13.2 Å². The highest BCUT2D eigenvalue weighted by Gasteiger charge is 2.20. The number of hydrogen-bond donors (Lipinski definition) is 2. The zero-order chi connectivity index (χ0) is 12.8. The molecule has 2 N–H and O–H groups in total. The molecule has 0 aliphatic carbocycles. The maximum Gasteiger partial charge on any atom is 0.320 e. The summed E-state index contributed by atoms with van der Waals surface area (Å²) in [5.41, 5.74) is 0. The first-order valence-corrected chi connectivity index (χ1v) is 7.49. The number of aliphatic carboxylic acids is 1. The lowest BCUT2D eigenvalue weighted by Gasteiger charge is -2.19. The Hall–Kier alpha value is -0.620. The topological polar surface area (TPSA) is 83.5 Å². The van der Waals surface area contributed by atoms with Crippen molar-refractivity contribution in [2.45, 2.75) is 45.2 Å². The average molecular weight is 251 g/mol. The number of hydrogen-bond acceptors (Lipinski definition) is 4. The lowest BCUT2D eigenvalue weighted by molar-refractivity contribution is -0.139. The number of carboxylic acid groups (broad SMARTS) is 1. The van der Waals surface area contributed by atoms with Gasteiger partial charge in [-0.3, -0.25) is 4.79 Å². The van der Waals surface area contributed by atoms with E-state index in [0.29, 0.717) is 6.42 Å². The highest BCUT2D eigenvalue weighted by molar-refractivity contribution is 7.90. The summed E-state index contributed by atoms with van der Waals surface area (Å²) in [5, 5.41) is 11.8. The van der Waals surface area contributed by atoms with Crippen molar-refractivity contribution in [2.75, 3.05) is 12.0 Å². The van der Waals surface area contributed by atoms with E-state index >= 15 is 0 Å². The van der Waals surface area contributed by atoms with Gasteiger partial charge in [-0.1, -0.05) is 19.8 Å². The van der Waals surface area contributed by atoms with Crippen LogP contribution in [0.3, 0.4) is 0 Å². The Morgan fingerprint density at radius 3 is 2.38 bits per heavy atom. The van der Waals surface area contributed by atoms with Crippen molar-refractivity contribution in [3.05, 3.63) is 0 Å². The van der Waals surface area contributed by atoms with E-state index in [0.717, 1.165) is 19.1 Å². The molecule has 2 unspecified atom stereocenters. The molecular formula is C10H21NO4S. The molecule has 0 heterocycles. The van der Waals surface area contributed by atoms with Crippen molar-refractivity contribution in [1.82, 2.24) is 5.32 Å². The van der Waals surface area contributed by atoms with Gasteiger partial charge < -0.3 is 10.4 Å². The molecule has 0 fully saturated rings. The van der Waals surface area contributed by atoms with Crippen LogP contribution >= 0.6 is 0 Å². The summed E-state index contributed by atoms with van der Waals surface area (Å²) < 4.78 is 22.0. The Labute approximate surface area is 97.2 Å². The van der Waals surface area contributed by atoms with Gasteiger partial charge in [0, 0.05) is 12.3 Å². The van der Waals surface area contributed by atoms with E-state index in [1.54, 1.807) is 6.92 Å². The van der Waals surface area contributed by atoms with Crippen molar-refractivity contribution in [2.24, 2.45) is 0 Å². The van der Waals surface area contributed by atoms with Gasteiger partial charge in [0.2, 0.25) is 0 Å². The monoisotopic (exact) mass is 251 g/mol. The predicted molar refractivity (Wildman–Crippen MR) is 63.3 cm³/mol. The molecule has 0 bridgehead atoms. The molecule has 0 aromatic heterocycles. The molecule has 0 rings (SSSR count). The summed E-state index contributed by atoms with van der Waals surface area (Å²) in [6.45, 7) is 3.67. The maximum atomic E-state index is 11.0. The van der Waals surface area contributed by atoms with E-state index in [4.69, 9.17) is 5.11 Å². The van der Waals surface area contributed by atoms with Gasteiger partial charge in [0.05, 0.1) is 5.75 Å². The SMILES string of the molecule is CCCCC(NC(C)CS(C)(=O)=O)C(=O)O. The summed E-state index contributed by atoms with van der Waals surface area (Å²) in [5.74, 6) is -0.961. The molecule has 0 saturated carbocycles. The minimum atomic E-state index is -3.07. The molecule has 6 heteroatoms. The number of carbonyl (C=O) groups is 1. The number of rotatable bonds is 8. The standard InChI is InChI=1S/C10H21NO4S/c1-4-5-6-9(10(12)13)11-8(2)7-16(3,14)15/h8-9,11H,4-7H2,1-3H3,(H,12,13).